The Labute approximate surface area is 196 Å². The number of nitrogens with one attached hydrogen (secondary N) is 1. The summed E-state index contributed by atoms with van der Waals surface area (Å²) in [5.74, 6) is 0.471. The first-order valence-corrected chi connectivity index (χ1v) is 11.6. The van der Waals surface area contributed by atoms with E-state index in [0.29, 0.717) is 12.1 Å². The second-order valence-electron chi connectivity index (χ2n) is 7.95. The zero-order valence-electron chi connectivity index (χ0n) is 18.2. The van der Waals surface area contributed by atoms with Crippen LogP contribution in [-0.4, -0.2) is 4.98 Å². The maximum absolute atomic E-state index is 13.8. The normalized spacial score (nSPS) is 11.0. The summed E-state index contributed by atoms with van der Waals surface area (Å²) in [7, 11) is 0. The molecular formula is C28H23FN2OS. The second-order valence-corrected chi connectivity index (χ2v) is 8.98. The molecule has 5 heteroatoms. The number of anilines is 1. The zero-order valence-corrected chi connectivity index (χ0v) is 19.0. The Morgan fingerprint density at radius 1 is 0.909 bits per heavy atom. The van der Waals surface area contributed by atoms with Crippen LogP contribution in [0.4, 0.5) is 10.1 Å². The standard InChI is InChI=1S/C28H23FN2OS/c1-19-9-14-26-27(15-19)33-28(31-26)21-10-12-23(13-11-21)30-17-20-5-4-7-24(16-20)32-18-22-6-2-3-8-25(22)29/h2-16,30H,17-18H2,1H3. The van der Waals surface area contributed by atoms with E-state index in [-0.39, 0.29) is 12.4 Å². The highest BCUT2D eigenvalue weighted by Crippen LogP contribution is 2.31. The number of aromatic nitrogens is 1. The highest BCUT2D eigenvalue weighted by molar-refractivity contribution is 7.21. The number of hydrogen-bond donors (Lipinski definition) is 1. The Morgan fingerprint density at radius 2 is 1.76 bits per heavy atom. The molecule has 5 rings (SSSR count). The molecule has 5 aromatic rings. The molecule has 1 aromatic heterocycles. The summed E-state index contributed by atoms with van der Waals surface area (Å²) >= 11 is 1.72. The number of nitrogens with zero attached hydrogens (tertiary/aromatic N) is 1. The smallest absolute Gasteiger partial charge is 0.129 e. The number of hydrogen-bond acceptors (Lipinski definition) is 4. The molecule has 0 saturated carbocycles. The molecule has 4 aromatic carbocycles. The fourth-order valence-electron chi connectivity index (χ4n) is 3.61. The lowest BCUT2D eigenvalue weighted by Gasteiger charge is -2.10. The predicted octanol–water partition coefficient (Wildman–Crippen LogP) is 7.60. The molecule has 0 unspecified atom stereocenters. The molecule has 3 nitrogen and oxygen atoms in total. The summed E-state index contributed by atoms with van der Waals surface area (Å²) in [5, 5.41) is 4.48. The fourth-order valence-corrected chi connectivity index (χ4v) is 4.68. The van der Waals surface area contributed by atoms with Gasteiger partial charge in [-0.05, 0) is 72.6 Å². The minimum absolute atomic E-state index is 0.205. The van der Waals surface area contributed by atoms with Crippen molar-refractivity contribution < 1.29 is 9.13 Å². The van der Waals surface area contributed by atoms with E-state index < -0.39 is 0 Å². The maximum Gasteiger partial charge on any atom is 0.129 e. The number of ether oxygens (including phenoxy) is 1. The SMILES string of the molecule is Cc1ccc2nc(-c3ccc(NCc4cccc(OCc5ccccc5F)c4)cc3)sc2c1. The third-order valence-corrected chi connectivity index (χ3v) is 6.49. The van der Waals surface area contributed by atoms with Gasteiger partial charge in [0, 0.05) is 23.4 Å². The van der Waals surface area contributed by atoms with Crippen LogP contribution in [0.1, 0.15) is 16.7 Å². The average Bonchev–Trinajstić information content (AvgIpc) is 3.26. The van der Waals surface area contributed by atoms with Crippen molar-refractivity contribution in [1.29, 1.82) is 0 Å². The summed E-state index contributed by atoms with van der Waals surface area (Å²) in [6.45, 7) is 2.97. The van der Waals surface area contributed by atoms with Crippen LogP contribution in [0.5, 0.6) is 5.75 Å². The van der Waals surface area contributed by atoms with Crippen LogP contribution in [0.25, 0.3) is 20.8 Å². The number of benzene rings is 4. The van der Waals surface area contributed by atoms with Gasteiger partial charge in [-0.2, -0.15) is 0 Å². The first-order valence-electron chi connectivity index (χ1n) is 10.8. The van der Waals surface area contributed by atoms with Gasteiger partial charge >= 0.3 is 0 Å². The average molecular weight is 455 g/mol. The van der Waals surface area contributed by atoms with Gasteiger partial charge in [0.1, 0.15) is 23.2 Å². The Morgan fingerprint density at radius 3 is 2.61 bits per heavy atom. The highest BCUT2D eigenvalue weighted by atomic mass is 32.1. The van der Waals surface area contributed by atoms with E-state index in [0.717, 1.165) is 33.1 Å². The van der Waals surface area contributed by atoms with Crippen LogP contribution >= 0.6 is 11.3 Å². The molecule has 0 saturated heterocycles. The van der Waals surface area contributed by atoms with Crippen molar-refractivity contribution in [3.05, 3.63) is 114 Å². The van der Waals surface area contributed by atoms with Crippen molar-refractivity contribution in [2.24, 2.45) is 0 Å². The molecule has 0 spiro atoms. The predicted molar refractivity (Wildman–Crippen MR) is 134 cm³/mol. The zero-order chi connectivity index (χ0) is 22.6. The monoisotopic (exact) mass is 454 g/mol. The molecule has 33 heavy (non-hydrogen) atoms. The number of halogens is 1. The molecule has 0 bridgehead atoms. The molecule has 0 atom stereocenters. The summed E-state index contributed by atoms with van der Waals surface area (Å²) in [5.41, 5.74) is 6.08. The van der Waals surface area contributed by atoms with Crippen molar-refractivity contribution in [1.82, 2.24) is 4.98 Å². The van der Waals surface area contributed by atoms with E-state index in [9.17, 15) is 4.39 Å². The van der Waals surface area contributed by atoms with E-state index in [1.807, 2.05) is 30.3 Å². The Kier molecular flexibility index (Phi) is 6.05. The van der Waals surface area contributed by atoms with Crippen LogP contribution in [-0.2, 0) is 13.2 Å². The third-order valence-electron chi connectivity index (χ3n) is 5.42. The molecule has 0 fully saturated rings. The van der Waals surface area contributed by atoms with Crippen molar-refractivity contribution in [2.75, 3.05) is 5.32 Å². The van der Waals surface area contributed by atoms with E-state index in [2.05, 4.69) is 54.7 Å². The Hall–Kier alpha value is -3.70. The van der Waals surface area contributed by atoms with Gasteiger partial charge in [0.2, 0.25) is 0 Å². The van der Waals surface area contributed by atoms with Gasteiger partial charge < -0.3 is 10.1 Å². The lowest BCUT2D eigenvalue weighted by Crippen LogP contribution is -2.01. The van der Waals surface area contributed by atoms with Crippen LogP contribution in [0, 0.1) is 12.7 Å². The first-order chi connectivity index (χ1) is 16.1. The Bertz CT molecular complexity index is 1390. The van der Waals surface area contributed by atoms with Crippen LogP contribution in [0.15, 0.2) is 91.0 Å². The van der Waals surface area contributed by atoms with E-state index in [4.69, 9.17) is 9.72 Å². The minimum Gasteiger partial charge on any atom is -0.489 e. The van der Waals surface area contributed by atoms with Gasteiger partial charge in [-0.1, -0.05) is 36.4 Å². The fraction of sp³-hybridized carbons (Fsp3) is 0.107. The molecule has 0 aliphatic rings. The first kappa shape index (κ1) is 21.2. The highest BCUT2D eigenvalue weighted by Gasteiger charge is 2.07. The molecule has 0 aliphatic heterocycles. The van der Waals surface area contributed by atoms with Crippen molar-refractivity contribution in [2.45, 2.75) is 20.1 Å². The van der Waals surface area contributed by atoms with Crippen molar-refractivity contribution in [3.8, 4) is 16.3 Å². The lowest BCUT2D eigenvalue weighted by atomic mass is 10.2. The molecule has 164 valence electrons. The van der Waals surface area contributed by atoms with E-state index in [1.165, 1.54) is 16.3 Å². The largest absolute Gasteiger partial charge is 0.489 e. The molecule has 0 amide bonds. The number of aryl methyl sites for hydroxylation is 1. The molecular weight excluding hydrogens is 431 g/mol. The number of fused-ring (bicyclic) bond motifs is 1. The molecule has 0 aliphatic carbocycles. The van der Waals surface area contributed by atoms with Crippen molar-refractivity contribution in [3.63, 3.8) is 0 Å². The van der Waals surface area contributed by atoms with Crippen LogP contribution in [0.3, 0.4) is 0 Å². The molecule has 1 heterocycles. The topological polar surface area (TPSA) is 34.2 Å². The quantitative estimate of drug-likeness (QED) is 0.275. The number of thiazole rings is 1. The van der Waals surface area contributed by atoms with Gasteiger partial charge in [0.15, 0.2) is 0 Å². The van der Waals surface area contributed by atoms with Gasteiger partial charge in [-0.15, -0.1) is 11.3 Å². The summed E-state index contributed by atoms with van der Waals surface area (Å²) in [6, 6.07) is 29.2. The van der Waals surface area contributed by atoms with Gasteiger partial charge in [0.05, 0.1) is 10.2 Å². The molecule has 1 N–H and O–H groups in total. The molecule has 0 radical (unpaired) electrons. The van der Waals surface area contributed by atoms with Gasteiger partial charge in [-0.3, -0.25) is 0 Å². The van der Waals surface area contributed by atoms with Crippen molar-refractivity contribution >= 4 is 27.2 Å². The minimum atomic E-state index is -0.250. The maximum atomic E-state index is 13.8. The van der Waals surface area contributed by atoms with E-state index in [1.54, 1.807) is 23.5 Å². The third kappa shape index (κ3) is 5.04. The number of rotatable bonds is 7. The summed E-state index contributed by atoms with van der Waals surface area (Å²) in [4.78, 5) is 4.76. The summed E-state index contributed by atoms with van der Waals surface area (Å²) < 4.78 is 20.8. The summed E-state index contributed by atoms with van der Waals surface area (Å²) in [6.07, 6.45) is 0. The van der Waals surface area contributed by atoms with Gasteiger partial charge in [-0.25, -0.2) is 9.37 Å². The van der Waals surface area contributed by atoms with E-state index >= 15 is 0 Å². The second kappa shape index (κ2) is 9.43. The lowest BCUT2D eigenvalue weighted by molar-refractivity contribution is 0.299. The Balaban J connectivity index is 1.21. The van der Waals surface area contributed by atoms with Crippen LogP contribution < -0.4 is 10.1 Å². The van der Waals surface area contributed by atoms with Crippen LogP contribution in [0.2, 0.25) is 0 Å². The van der Waals surface area contributed by atoms with Gasteiger partial charge in [0.25, 0.3) is 0 Å².